The molecular weight excluding hydrogens is 294 g/mol. The molecule has 0 aromatic rings. The summed E-state index contributed by atoms with van der Waals surface area (Å²) in [6.07, 6.45) is 22.7. The first-order valence-electron chi connectivity index (χ1n) is 11.1. The minimum Gasteiger partial charge on any atom is -0.150 e. The predicted octanol–water partition coefficient (Wildman–Crippen LogP) is 8.57. The van der Waals surface area contributed by atoms with Gasteiger partial charge in [-0.25, -0.2) is 0 Å². The summed E-state index contributed by atoms with van der Waals surface area (Å²) in [6.45, 7) is 6.69. The van der Waals surface area contributed by atoms with Crippen LogP contribution in [-0.2, 0) is 0 Å². The molecule has 0 saturated heterocycles. The second-order valence-corrected chi connectivity index (χ2v) is 7.81. The third-order valence-corrected chi connectivity index (χ3v) is 5.43. The van der Waals surface area contributed by atoms with Gasteiger partial charge in [0.1, 0.15) is 5.54 Å². The van der Waals surface area contributed by atoms with Gasteiger partial charge in [0, 0.05) is 0 Å². The zero-order valence-electron chi connectivity index (χ0n) is 17.1. The first-order chi connectivity index (χ1) is 11.7. The summed E-state index contributed by atoms with van der Waals surface area (Å²) in [5.41, 5.74) is -0.245. The molecule has 24 heavy (non-hydrogen) atoms. The van der Waals surface area contributed by atoms with Crippen LogP contribution in [0.1, 0.15) is 136 Å². The lowest BCUT2D eigenvalue weighted by atomic mass is 9.83. The summed E-state index contributed by atoms with van der Waals surface area (Å²) in [4.78, 5) is 11.5. The summed E-state index contributed by atoms with van der Waals surface area (Å²) >= 11 is 0. The SMILES string of the molecule is CCCCCCCCCCCCCC(CCCC)(CCCC)N=O. The molecule has 2 nitrogen and oxygen atoms in total. The van der Waals surface area contributed by atoms with E-state index in [0.29, 0.717) is 0 Å². The van der Waals surface area contributed by atoms with Crippen molar-refractivity contribution in [2.75, 3.05) is 0 Å². The molecule has 0 spiro atoms. The van der Waals surface area contributed by atoms with Crippen LogP contribution in [0.4, 0.5) is 0 Å². The van der Waals surface area contributed by atoms with Gasteiger partial charge < -0.3 is 0 Å². The molecular formula is C22H45NO. The summed E-state index contributed by atoms with van der Waals surface area (Å²) in [5, 5.41) is 3.63. The number of nitrogens with zero attached hydrogens (tertiary/aromatic N) is 1. The molecule has 0 rings (SSSR count). The quantitative estimate of drug-likeness (QED) is 0.171. The molecule has 0 aliphatic rings. The maximum atomic E-state index is 11.5. The van der Waals surface area contributed by atoms with Gasteiger partial charge in [0.05, 0.1) is 0 Å². The van der Waals surface area contributed by atoms with Gasteiger partial charge in [-0.3, -0.25) is 0 Å². The number of hydrogen-bond acceptors (Lipinski definition) is 2. The fraction of sp³-hybridized carbons (Fsp3) is 1.00. The first-order valence-corrected chi connectivity index (χ1v) is 11.1. The predicted molar refractivity (Wildman–Crippen MR) is 109 cm³/mol. The average molecular weight is 340 g/mol. The Morgan fingerprint density at radius 3 is 1.21 bits per heavy atom. The Kier molecular flexibility index (Phi) is 17.1. The van der Waals surface area contributed by atoms with Crippen LogP contribution in [0, 0.1) is 4.91 Å². The van der Waals surface area contributed by atoms with Crippen molar-refractivity contribution in [2.24, 2.45) is 5.18 Å². The lowest BCUT2D eigenvalue weighted by Gasteiger charge is -2.26. The van der Waals surface area contributed by atoms with Crippen LogP contribution in [0.3, 0.4) is 0 Å². The maximum Gasteiger partial charge on any atom is 0.103 e. The highest BCUT2D eigenvalue weighted by Crippen LogP contribution is 2.31. The van der Waals surface area contributed by atoms with Crippen LogP contribution in [0.25, 0.3) is 0 Å². The molecule has 0 aromatic carbocycles. The van der Waals surface area contributed by atoms with Crippen molar-refractivity contribution >= 4 is 0 Å². The zero-order valence-corrected chi connectivity index (χ0v) is 17.1. The molecule has 0 fully saturated rings. The lowest BCUT2D eigenvalue weighted by Crippen LogP contribution is -2.26. The first kappa shape index (κ1) is 23.6. The minimum absolute atomic E-state index is 0.245. The lowest BCUT2D eigenvalue weighted by molar-refractivity contribution is 0.309. The highest BCUT2D eigenvalue weighted by Gasteiger charge is 2.29. The van der Waals surface area contributed by atoms with E-state index in [1.165, 1.54) is 83.5 Å². The number of rotatable bonds is 19. The number of nitroso groups, excluding NO2 is 1. The van der Waals surface area contributed by atoms with Crippen molar-refractivity contribution in [3.8, 4) is 0 Å². The van der Waals surface area contributed by atoms with E-state index in [2.05, 4.69) is 25.9 Å². The molecule has 0 N–H and O–H groups in total. The third-order valence-electron chi connectivity index (χ3n) is 5.43. The van der Waals surface area contributed by atoms with Crippen LogP contribution in [0.2, 0.25) is 0 Å². The van der Waals surface area contributed by atoms with Gasteiger partial charge in [-0.2, -0.15) is 4.91 Å². The van der Waals surface area contributed by atoms with E-state index in [-0.39, 0.29) is 5.54 Å². The van der Waals surface area contributed by atoms with Crippen molar-refractivity contribution in [1.82, 2.24) is 0 Å². The standard InChI is InChI=1S/C22H45NO/c1-4-7-10-11-12-13-14-15-16-17-18-21-22(23-24,19-8-5-2)20-9-6-3/h4-21H2,1-3H3. The van der Waals surface area contributed by atoms with Crippen LogP contribution in [0.15, 0.2) is 5.18 Å². The Hall–Kier alpha value is -0.400. The molecule has 0 bridgehead atoms. The minimum atomic E-state index is -0.245. The molecule has 0 heterocycles. The fourth-order valence-corrected chi connectivity index (χ4v) is 3.64. The van der Waals surface area contributed by atoms with E-state index >= 15 is 0 Å². The van der Waals surface area contributed by atoms with E-state index in [4.69, 9.17) is 0 Å². The molecule has 0 unspecified atom stereocenters. The summed E-state index contributed by atoms with van der Waals surface area (Å²) in [7, 11) is 0. The van der Waals surface area contributed by atoms with Crippen molar-refractivity contribution in [1.29, 1.82) is 0 Å². The molecule has 0 amide bonds. The number of unbranched alkanes of at least 4 members (excludes halogenated alkanes) is 12. The maximum absolute atomic E-state index is 11.5. The monoisotopic (exact) mass is 339 g/mol. The van der Waals surface area contributed by atoms with Gasteiger partial charge in [-0.05, 0) is 19.3 Å². The van der Waals surface area contributed by atoms with E-state index in [0.717, 1.165) is 32.1 Å². The van der Waals surface area contributed by atoms with Crippen molar-refractivity contribution in [2.45, 2.75) is 142 Å². The topological polar surface area (TPSA) is 29.4 Å². The highest BCUT2D eigenvalue weighted by atomic mass is 16.3. The fourth-order valence-electron chi connectivity index (χ4n) is 3.64. The molecule has 144 valence electrons. The van der Waals surface area contributed by atoms with Gasteiger partial charge in [-0.1, -0.05) is 122 Å². The van der Waals surface area contributed by atoms with Crippen LogP contribution >= 0.6 is 0 Å². The van der Waals surface area contributed by atoms with Crippen LogP contribution in [0.5, 0.6) is 0 Å². The van der Waals surface area contributed by atoms with E-state index in [1.807, 2.05) is 0 Å². The van der Waals surface area contributed by atoms with Crippen molar-refractivity contribution in [3.63, 3.8) is 0 Å². The Morgan fingerprint density at radius 2 is 0.833 bits per heavy atom. The second-order valence-electron chi connectivity index (χ2n) is 7.81. The Labute approximate surface area is 152 Å². The average Bonchev–Trinajstić information content (AvgIpc) is 2.61. The smallest absolute Gasteiger partial charge is 0.103 e. The summed E-state index contributed by atoms with van der Waals surface area (Å²) < 4.78 is 0. The molecule has 0 aliphatic heterocycles. The summed E-state index contributed by atoms with van der Waals surface area (Å²) in [5.74, 6) is 0. The number of hydrogen-bond donors (Lipinski definition) is 0. The van der Waals surface area contributed by atoms with E-state index < -0.39 is 0 Å². The van der Waals surface area contributed by atoms with Gasteiger partial charge >= 0.3 is 0 Å². The molecule has 0 aromatic heterocycles. The molecule has 2 heteroatoms. The van der Waals surface area contributed by atoms with Crippen molar-refractivity contribution in [3.05, 3.63) is 4.91 Å². The van der Waals surface area contributed by atoms with Crippen LogP contribution < -0.4 is 0 Å². The van der Waals surface area contributed by atoms with Gasteiger partial charge in [0.2, 0.25) is 0 Å². The van der Waals surface area contributed by atoms with Gasteiger partial charge in [-0.15, -0.1) is 0 Å². The zero-order chi connectivity index (χ0) is 17.9. The van der Waals surface area contributed by atoms with Crippen molar-refractivity contribution < 1.29 is 0 Å². The summed E-state index contributed by atoms with van der Waals surface area (Å²) in [6, 6.07) is 0. The largest absolute Gasteiger partial charge is 0.150 e. The third kappa shape index (κ3) is 13.0. The Morgan fingerprint density at radius 1 is 0.500 bits per heavy atom. The van der Waals surface area contributed by atoms with Gasteiger partial charge in [0.15, 0.2) is 0 Å². The van der Waals surface area contributed by atoms with Crippen LogP contribution in [-0.4, -0.2) is 5.54 Å². The second kappa shape index (κ2) is 17.4. The molecule has 0 saturated carbocycles. The Balaban J connectivity index is 3.73. The van der Waals surface area contributed by atoms with Gasteiger partial charge in [0.25, 0.3) is 0 Å². The normalized spacial score (nSPS) is 11.8. The molecule has 0 atom stereocenters. The van der Waals surface area contributed by atoms with E-state index in [1.54, 1.807) is 0 Å². The highest BCUT2D eigenvalue weighted by molar-refractivity contribution is 4.87. The molecule has 0 aliphatic carbocycles. The van der Waals surface area contributed by atoms with E-state index in [9.17, 15) is 4.91 Å². The molecule has 0 radical (unpaired) electrons. The Bertz CT molecular complexity index is 257.